The van der Waals surface area contributed by atoms with Gasteiger partial charge in [-0.3, -0.25) is 4.57 Å². The molecule has 0 saturated carbocycles. The number of halogens is 3. The van der Waals surface area contributed by atoms with Gasteiger partial charge in [0, 0.05) is 16.8 Å². The van der Waals surface area contributed by atoms with Crippen LogP contribution in [-0.2, 0) is 29.1 Å². The maximum atomic E-state index is 13.4. The van der Waals surface area contributed by atoms with Crippen LogP contribution in [0.5, 0.6) is 0 Å². The first-order chi connectivity index (χ1) is 15.7. The van der Waals surface area contributed by atoms with Gasteiger partial charge >= 0.3 is 20.9 Å². The molecular formula is C23H30BF3NO5P. The fourth-order valence-corrected chi connectivity index (χ4v) is 5.03. The summed E-state index contributed by atoms with van der Waals surface area (Å²) >= 11 is 0. The lowest BCUT2D eigenvalue weighted by Gasteiger charge is -2.32. The minimum absolute atomic E-state index is 0.189. The van der Waals surface area contributed by atoms with Crippen LogP contribution in [0.4, 0.5) is 24.5 Å². The Morgan fingerprint density at radius 1 is 0.941 bits per heavy atom. The summed E-state index contributed by atoms with van der Waals surface area (Å²) in [7, 11) is -4.42. The van der Waals surface area contributed by atoms with Gasteiger partial charge in [-0.05, 0) is 84.0 Å². The average molecular weight is 499 g/mol. The van der Waals surface area contributed by atoms with Crippen LogP contribution >= 0.6 is 7.60 Å². The molecule has 0 aliphatic carbocycles. The highest BCUT2D eigenvalue weighted by Crippen LogP contribution is 2.47. The second-order valence-electron chi connectivity index (χ2n) is 8.89. The Kier molecular flexibility index (Phi) is 7.61. The lowest BCUT2D eigenvalue weighted by atomic mass is 9.77. The van der Waals surface area contributed by atoms with E-state index in [9.17, 15) is 17.7 Å². The largest absolute Gasteiger partial charge is 0.497 e. The predicted octanol–water partition coefficient (Wildman–Crippen LogP) is 5.64. The number of benzene rings is 2. The van der Waals surface area contributed by atoms with Crippen LogP contribution in [0.3, 0.4) is 0 Å². The number of rotatable bonds is 8. The summed E-state index contributed by atoms with van der Waals surface area (Å²) in [6.45, 7) is 11.5. The summed E-state index contributed by atoms with van der Waals surface area (Å²) < 4.78 is 75.6. The quantitative estimate of drug-likeness (QED) is 0.375. The Hall–Kier alpha value is -1.84. The van der Waals surface area contributed by atoms with E-state index in [0.29, 0.717) is 22.1 Å². The molecule has 1 heterocycles. The number of hydrogen-bond donors (Lipinski definition) is 1. The predicted molar refractivity (Wildman–Crippen MR) is 127 cm³/mol. The highest BCUT2D eigenvalue weighted by atomic mass is 31.2. The van der Waals surface area contributed by atoms with Crippen LogP contribution in [-0.4, -0.2) is 31.5 Å². The van der Waals surface area contributed by atoms with Crippen molar-refractivity contribution >= 4 is 36.9 Å². The molecule has 2 aromatic rings. The van der Waals surface area contributed by atoms with E-state index in [0.717, 1.165) is 12.1 Å². The Morgan fingerprint density at radius 3 is 1.94 bits per heavy atom. The van der Waals surface area contributed by atoms with Crippen LogP contribution in [0.15, 0.2) is 42.5 Å². The van der Waals surface area contributed by atoms with E-state index in [4.69, 9.17) is 18.4 Å². The zero-order valence-corrected chi connectivity index (χ0v) is 21.0. The zero-order valence-electron chi connectivity index (χ0n) is 20.2. The molecule has 1 saturated heterocycles. The Morgan fingerprint density at radius 2 is 1.47 bits per heavy atom. The highest BCUT2D eigenvalue weighted by molar-refractivity contribution is 7.62. The normalized spacial score (nSPS) is 17.7. The summed E-state index contributed by atoms with van der Waals surface area (Å²) in [5.74, 6) is 0. The molecule has 1 aliphatic rings. The minimum Gasteiger partial charge on any atom is -0.399 e. The fraction of sp³-hybridized carbons (Fsp3) is 0.478. The molecule has 0 amide bonds. The molecule has 1 aliphatic heterocycles. The van der Waals surface area contributed by atoms with Crippen LogP contribution in [0.2, 0.25) is 0 Å². The average Bonchev–Trinajstić information content (AvgIpc) is 2.95. The molecule has 0 unspecified atom stereocenters. The summed E-state index contributed by atoms with van der Waals surface area (Å²) in [5, 5.41) is 3.46. The van der Waals surface area contributed by atoms with E-state index in [2.05, 4.69) is 5.32 Å². The summed E-state index contributed by atoms with van der Waals surface area (Å²) in [6.07, 6.45) is -4.42. The maximum Gasteiger partial charge on any atom is 0.497 e. The Labute approximate surface area is 198 Å². The molecule has 34 heavy (non-hydrogen) atoms. The van der Waals surface area contributed by atoms with Crippen molar-refractivity contribution in [1.82, 2.24) is 0 Å². The maximum absolute atomic E-state index is 13.4. The van der Waals surface area contributed by atoms with Crippen molar-refractivity contribution in [1.29, 1.82) is 0 Å². The van der Waals surface area contributed by atoms with E-state index in [-0.39, 0.29) is 13.2 Å². The van der Waals surface area contributed by atoms with E-state index in [1.807, 2.05) is 27.7 Å². The highest BCUT2D eigenvalue weighted by Gasteiger charge is 2.52. The molecule has 0 spiro atoms. The van der Waals surface area contributed by atoms with Gasteiger partial charge < -0.3 is 23.7 Å². The minimum atomic E-state index is -4.42. The third-order valence-corrected chi connectivity index (χ3v) is 8.05. The SMILES string of the molecule is CCOP(=O)(OCC)c1ccc(Nc2ccc(C(F)(F)F)cc2)c(B2OC(C)(C)C(C)(C)O2)c1. The number of nitrogens with one attached hydrogen (secondary N) is 1. The van der Waals surface area contributed by atoms with Crippen molar-refractivity contribution in [3.63, 3.8) is 0 Å². The van der Waals surface area contributed by atoms with Gasteiger partial charge in [-0.1, -0.05) is 0 Å². The molecule has 186 valence electrons. The van der Waals surface area contributed by atoms with Crippen molar-refractivity contribution in [2.45, 2.75) is 58.9 Å². The van der Waals surface area contributed by atoms with Crippen molar-refractivity contribution in [2.75, 3.05) is 18.5 Å². The van der Waals surface area contributed by atoms with E-state index in [1.165, 1.54) is 12.1 Å². The zero-order chi connectivity index (χ0) is 25.4. The molecule has 6 nitrogen and oxygen atoms in total. The second-order valence-corrected chi connectivity index (χ2v) is 10.9. The first-order valence-electron chi connectivity index (χ1n) is 11.1. The third kappa shape index (κ3) is 5.52. The van der Waals surface area contributed by atoms with Crippen LogP contribution in [0.1, 0.15) is 47.1 Å². The van der Waals surface area contributed by atoms with Gasteiger partial charge in [0.2, 0.25) is 0 Å². The van der Waals surface area contributed by atoms with Crippen LogP contribution < -0.4 is 16.1 Å². The van der Waals surface area contributed by atoms with Crippen molar-refractivity contribution in [2.24, 2.45) is 0 Å². The summed E-state index contributed by atoms with van der Waals surface area (Å²) in [6, 6.07) is 9.60. The van der Waals surface area contributed by atoms with Gasteiger partial charge in [0.25, 0.3) is 0 Å². The lowest BCUT2D eigenvalue weighted by molar-refractivity contribution is -0.137. The standard InChI is InChI=1S/C23H30BF3NO5P/c1-7-30-34(29,31-8-2)18-13-14-20(28-17-11-9-16(10-12-17)23(25,26)27)19(15-18)24-32-21(3,4)22(5,6)33-24/h9-15,28H,7-8H2,1-6H3. The Bertz CT molecular complexity index is 1030. The van der Waals surface area contributed by atoms with Crippen LogP contribution in [0.25, 0.3) is 0 Å². The molecular weight excluding hydrogens is 469 g/mol. The smallest absolute Gasteiger partial charge is 0.399 e. The van der Waals surface area contributed by atoms with Crippen molar-refractivity contribution < 1.29 is 36.1 Å². The number of anilines is 2. The van der Waals surface area contributed by atoms with E-state index in [1.54, 1.807) is 32.0 Å². The number of hydrogen-bond acceptors (Lipinski definition) is 6. The Balaban J connectivity index is 2.04. The molecule has 1 N–H and O–H groups in total. The van der Waals surface area contributed by atoms with Gasteiger partial charge in [-0.25, -0.2) is 0 Å². The monoisotopic (exact) mass is 499 g/mol. The molecule has 3 rings (SSSR count). The van der Waals surface area contributed by atoms with Gasteiger partial charge in [-0.15, -0.1) is 0 Å². The third-order valence-electron chi connectivity index (χ3n) is 5.95. The molecule has 2 aromatic carbocycles. The lowest BCUT2D eigenvalue weighted by Crippen LogP contribution is -2.41. The van der Waals surface area contributed by atoms with E-state index >= 15 is 0 Å². The van der Waals surface area contributed by atoms with Gasteiger partial charge in [0.05, 0.1) is 35.3 Å². The van der Waals surface area contributed by atoms with Gasteiger partial charge in [0.1, 0.15) is 0 Å². The molecule has 0 bridgehead atoms. The first kappa shape index (κ1) is 26.8. The fourth-order valence-electron chi connectivity index (χ4n) is 3.42. The van der Waals surface area contributed by atoms with Crippen LogP contribution in [0, 0.1) is 0 Å². The van der Waals surface area contributed by atoms with E-state index < -0.39 is 37.7 Å². The first-order valence-corrected chi connectivity index (χ1v) is 12.6. The van der Waals surface area contributed by atoms with Gasteiger partial charge in [-0.2, -0.15) is 13.2 Å². The topological polar surface area (TPSA) is 66.0 Å². The van der Waals surface area contributed by atoms with Gasteiger partial charge in [0.15, 0.2) is 0 Å². The molecule has 0 atom stereocenters. The second kappa shape index (κ2) is 9.67. The molecule has 1 fully saturated rings. The molecule has 0 aromatic heterocycles. The summed E-state index contributed by atoms with van der Waals surface area (Å²) in [5.41, 5.74) is -0.520. The van der Waals surface area contributed by atoms with Crippen molar-refractivity contribution in [3.8, 4) is 0 Å². The van der Waals surface area contributed by atoms with Crippen molar-refractivity contribution in [3.05, 3.63) is 48.0 Å². The molecule has 11 heteroatoms. The molecule has 0 radical (unpaired) electrons. The summed E-state index contributed by atoms with van der Waals surface area (Å²) in [4.78, 5) is 0. The number of alkyl halides is 3.